The summed E-state index contributed by atoms with van der Waals surface area (Å²) in [4.78, 5) is 12.1. The van der Waals surface area contributed by atoms with Gasteiger partial charge in [-0.2, -0.15) is 0 Å². The molecule has 0 bridgehead atoms. The van der Waals surface area contributed by atoms with Gasteiger partial charge in [-0.1, -0.05) is 23.7 Å². The summed E-state index contributed by atoms with van der Waals surface area (Å²) in [6.45, 7) is 3.57. The second-order valence-electron chi connectivity index (χ2n) is 6.04. The highest BCUT2D eigenvalue weighted by Crippen LogP contribution is 2.47. The van der Waals surface area contributed by atoms with E-state index in [0.717, 1.165) is 6.29 Å². The van der Waals surface area contributed by atoms with Gasteiger partial charge in [-0.25, -0.2) is 4.39 Å². The van der Waals surface area contributed by atoms with Crippen LogP contribution in [0, 0.1) is 5.82 Å². The Morgan fingerprint density at radius 2 is 1.91 bits per heavy atom. The first kappa shape index (κ1) is 15.6. The summed E-state index contributed by atoms with van der Waals surface area (Å²) in [5, 5.41) is 3.56. The van der Waals surface area contributed by atoms with Gasteiger partial charge in [-0.3, -0.25) is 0 Å². The summed E-state index contributed by atoms with van der Waals surface area (Å²) in [7, 11) is 0. The fourth-order valence-corrected chi connectivity index (χ4v) is 3.01. The summed E-state index contributed by atoms with van der Waals surface area (Å²) in [5.74, 6) is 0.136. The van der Waals surface area contributed by atoms with Gasteiger partial charge in [0, 0.05) is 6.07 Å². The minimum absolute atomic E-state index is 0.360. The molecule has 0 spiro atoms. The molecule has 1 unspecified atom stereocenters. The maximum Gasteiger partial charge on any atom is 0.158 e. The highest BCUT2D eigenvalue weighted by Gasteiger charge is 2.52. The molecule has 1 aliphatic rings. The van der Waals surface area contributed by atoms with Gasteiger partial charge >= 0.3 is 0 Å². The Morgan fingerprint density at radius 3 is 2.52 bits per heavy atom. The topological polar surface area (TPSA) is 64.3 Å². The molecule has 0 saturated carbocycles. The van der Waals surface area contributed by atoms with E-state index in [9.17, 15) is 9.18 Å². The van der Waals surface area contributed by atoms with Crippen molar-refractivity contribution in [1.29, 1.82) is 0 Å². The average molecular weight is 335 g/mol. The van der Waals surface area contributed by atoms with Crippen molar-refractivity contribution >= 4 is 29.3 Å². The molecule has 3 N–H and O–H groups in total. The number of fused-ring (bicyclic) bond motifs is 1. The van der Waals surface area contributed by atoms with Crippen LogP contribution in [0.25, 0.3) is 0 Å². The van der Waals surface area contributed by atoms with Crippen LogP contribution in [0.5, 0.6) is 5.75 Å². The lowest BCUT2D eigenvalue weighted by Gasteiger charge is -2.48. The molecule has 4 nitrogen and oxygen atoms in total. The van der Waals surface area contributed by atoms with Crippen molar-refractivity contribution in [1.82, 2.24) is 0 Å². The summed E-state index contributed by atoms with van der Waals surface area (Å²) in [6, 6.07) is 8.97. The van der Waals surface area contributed by atoms with Gasteiger partial charge in [0.25, 0.3) is 0 Å². The first-order valence-corrected chi connectivity index (χ1v) is 7.45. The molecule has 2 aromatic carbocycles. The van der Waals surface area contributed by atoms with Gasteiger partial charge in [0.05, 0.1) is 16.4 Å². The molecule has 2 aromatic rings. The number of rotatable bonds is 2. The molecule has 0 amide bonds. The summed E-state index contributed by atoms with van der Waals surface area (Å²) < 4.78 is 19.3. The number of ether oxygens (including phenoxy) is 1. The number of aldehydes is 1. The minimum atomic E-state index is -1.19. The normalized spacial score (nSPS) is 21.7. The van der Waals surface area contributed by atoms with E-state index in [2.05, 4.69) is 5.32 Å². The third kappa shape index (κ3) is 2.32. The third-order valence-electron chi connectivity index (χ3n) is 4.22. The molecule has 1 heterocycles. The summed E-state index contributed by atoms with van der Waals surface area (Å²) >= 11 is 6.06. The molecular formula is C17H16ClFN2O2. The van der Waals surface area contributed by atoms with Crippen LogP contribution in [0.15, 0.2) is 36.4 Å². The van der Waals surface area contributed by atoms with Crippen molar-refractivity contribution in [3.05, 3.63) is 52.8 Å². The summed E-state index contributed by atoms with van der Waals surface area (Å²) in [6.07, 6.45) is 0.771. The smallest absolute Gasteiger partial charge is 0.158 e. The van der Waals surface area contributed by atoms with Crippen LogP contribution in [0.4, 0.5) is 15.8 Å². The zero-order chi connectivity index (χ0) is 16.8. The number of hydrogen-bond donors (Lipinski definition) is 2. The highest BCUT2D eigenvalue weighted by molar-refractivity contribution is 6.33. The molecule has 23 heavy (non-hydrogen) atoms. The van der Waals surface area contributed by atoms with Crippen molar-refractivity contribution in [3.63, 3.8) is 0 Å². The van der Waals surface area contributed by atoms with E-state index in [1.807, 2.05) is 0 Å². The van der Waals surface area contributed by atoms with Crippen molar-refractivity contribution in [2.75, 3.05) is 11.1 Å². The highest BCUT2D eigenvalue weighted by atomic mass is 35.5. The van der Waals surface area contributed by atoms with Gasteiger partial charge in [0.15, 0.2) is 11.8 Å². The Kier molecular flexibility index (Phi) is 3.48. The molecule has 0 aliphatic carbocycles. The number of nitrogens with one attached hydrogen (secondary N) is 1. The van der Waals surface area contributed by atoms with Crippen LogP contribution in [0.1, 0.15) is 19.4 Å². The second-order valence-corrected chi connectivity index (χ2v) is 6.45. The number of nitrogens with two attached hydrogens (primary N) is 1. The summed E-state index contributed by atoms with van der Waals surface area (Å²) in [5.41, 5.74) is 5.23. The Hall–Kier alpha value is -2.27. The van der Waals surface area contributed by atoms with Gasteiger partial charge in [0.1, 0.15) is 17.2 Å². The quantitative estimate of drug-likeness (QED) is 0.648. The number of anilines is 2. The van der Waals surface area contributed by atoms with Crippen LogP contribution in [-0.2, 0) is 10.3 Å². The Balaban J connectivity index is 2.18. The lowest BCUT2D eigenvalue weighted by molar-refractivity contribution is -0.118. The molecule has 6 heteroatoms. The lowest BCUT2D eigenvalue weighted by atomic mass is 9.76. The van der Waals surface area contributed by atoms with Crippen molar-refractivity contribution in [2.45, 2.75) is 25.0 Å². The van der Waals surface area contributed by atoms with E-state index >= 15 is 0 Å². The number of hydrogen-bond acceptors (Lipinski definition) is 4. The van der Waals surface area contributed by atoms with Crippen LogP contribution < -0.4 is 15.8 Å². The van der Waals surface area contributed by atoms with Crippen LogP contribution in [0.3, 0.4) is 0 Å². The fraction of sp³-hybridized carbons (Fsp3) is 0.235. The molecule has 1 aliphatic heterocycles. The van der Waals surface area contributed by atoms with Gasteiger partial charge in [0.2, 0.25) is 0 Å². The molecule has 1 atom stereocenters. The van der Waals surface area contributed by atoms with E-state index in [1.165, 1.54) is 12.1 Å². The molecule has 0 aromatic heterocycles. The maximum atomic E-state index is 13.2. The van der Waals surface area contributed by atoms with E-state index in [-0.39, 0.29) is 5.82 Å². The number of carbonyl (C=O) groups excluding carboxylic acids is 1. The first-order valence-electron chi connectivity index (χ1n) is 7.08. The molecule has 0 fully saturated rings. The molecule has 0 radical (unpaired) electrons. The number of halogens is 2. The van der Waals surface area contributed by atoms with Crippen LogP contribution in [0.2, 0.25) is 5.02 Å². The molecule has 0 saturated heterocycles. The Bertz CT molecular complexity index is 777. The second kappa shape index (κ2) is 5.13. The van der Waals surface area contributed by atoms with Gasteiger partial charge in [-0.05, 0) is 37.6 Å². The predicted molar refractivity (Wildman–Crippen MR) is 88.3 cm³/mol. The molecular weight excluding hydrogens is 319 g/mol. The van der Waals surface area contributed by atoms with Gasteiger partial charge in [-0.15, -0.1) is 0 Å². The largest absolute Gasteiger partial charge is 0.482 e. The van der Waals surface area contributed by atoms with Gasteiger partial charge < -0.3 is 20.6 Å². The first-order chi connectivity index (χ1) is 10.8. The monoisotopic (exact) mass is 334 g/mol. The number of benzene rings is 2. The number of nitrogen functional groups attached to an aromatic ring is 1. The zero-order valence-electron chi connectivity index (χ0n) is 12.7. The Labute approximate surface area is 138 Å². The molecule has 120 valence electrons. The van der Waals surface area contributed by atoms with Crippen molar-refractivity contribution < 1.29 is 13.9 Å². The van der Waals surface area contributed by atoms with E-state index in [0.29, 0.717) is 27.7 Å². The maximum absolute atomic E-state index is 13.2. The standard InChI is InChI=1S/C17H16ClFN2O2/c1-16(2)17(9-22,10-3-5-11(19)6-4-10)21-14-7-12(18)13(20)8-15(14)23-16/h3-9,21H,20H2,1-2H3. The van der Waals surface area contributed by atoms with Crippen molar-refractivity contribution in [3.8, 4) is 5.75 Å². The SMILES string of the molecule is CC1(C)Oc2cc(N)c(Cl)cc2NC1(C=O)c1ccc(F)cc1. The molecule has 3 rings (SSSR count). The van der Waals surface area contributed by atoms with Crippen LogP contribution >= 0.6 is 11.6 Å². The minimum Gasteiger partial charge on any atom is -0.482 e. The zero-order valence-corrected chi connectivity index (χ0v) is 13.4. The van der Waals surface area contributed by atoms with Crippen molar-refractivity contribution in [2.24, 2.45) is 0 Å². The van der Waals surface area contributed by atoms with Crippen LogP contribution in [-0.4, -0.2) is 11.9 Å². The predicted octanol–water partition coefficient (Wildman–Crippen LogP) is 3.74. The lowest BCUT2D eigenvalue weighted by Crippen LogP contribution is -2.60. The number of carbonyl (C=O) groups is 1. The average Bonchev–Trinajstić information content (AvgIpc) is 2.49. The Morgan fingerprint density at radius 1 is 1.26 bits per heavy atom. The third-order valence-corrected chi connectivity index (χ3v) is 4.55. The van der Waals surface area contributed by atoms with E-state index < -0.39 is 11.1 Å². The van der Waals surface area contributed by atoms with E-state index in [1.54, 1.807) is 38.1 Å². The fourth-order valence-electron chi connectivity index (χ4n) is 2.84. The van der Waals surface area contributed by atoms with E-state index in [4.69, 9.17) is 22.1 Å².